The highest BCUT2D eigenvalue weighted by molar-refractivity contribution is 5.86. The standard InChI is InChI=1S/C15H26O7/c1-5-7-15(3,4)22-14(20)12(21-8-6-2)10(13(18)19)9-11(16)17/h10,12H,5-9H2,1-4H3,(H,16,17)(H,18,19). The molecule has 0 spiro atoms. The highest BCUT2D eigenvalue weighted by Gasteiger charge is 2.39. The van der Waals surface area contributed by atoms with Crippen LogP contribution in [-0.2, 0) is 23.9 Å². The van der Waals surface area contributed by atoms with Gasteiger partial charge in [0.05, 0.1) is 6.42 Å². The number of carbonyl (C=O) groups excluding carboxylic acids is 1. The first-order valence-electron chi connectivity index (χ1n) is 7.43. The number of esters is 1. The fraction of sp³-hybridized carbons (Fsp3) is 0.800. The smallest absolute Gasteiger partial charge is 0.336 e. The van der Waals surface area contributed by atoms with Crippen molar-refractivity contribution < 1.29 is 34.1 Å². The maximum atomic E-state index is 12.3. The van der Waals surface area contributed by atoms with Gasteiger partial charge in [-0.3, -0.25) is 9.59 Å². The number of ether oxygens (including phenoxy) is 2. The molecule has 0 saturated heterocycles. The summed E-state index contributed by atoms with van der Waals surface area (Å²) < 4.78 is 10.6. The Morgan fingerprint density at radius 3 is 2.09 bits per heavy atom. The number of carboxylic acid groups (broad SMARTS) is 2. The second-order valence-corrected chi connectivity index (χ2v) is 5.76. The van der Waals surface area contributed by atoms with Crippen LogP contribution in [0.25, 0.3) is 0 Å². The molecule has 22 heavy (non-hydrogen) atoms. The molecule has 0 aliphatic rings. The zero-order valence-electron chi connectivity index (χ0n) is 13.6. The molecular weight excluding hydrogens is 292 g/mol. The van der Waals surface area contributed by atoms with Gasteiger partial charge in [-0.15, -0.1) is 0 Å². The number of rotatable bonds is 11. The van der Waals surface area contributed by atoms with E-state index in [1.165, 1.54) is 0 Å². The van der Waals surface area contributed by atoms with E-state index >= 15 is 0 Å². The lowest BCUT2D eigenvalue weighted by atomic mass is 9.97. The van der Waals surface area contributed by atoms with Crippen molar-refractivity contribution >= 4 is 17.9 Å². The molecule has 2 N–H and O–H groups in total. The Morgan fingerprint density at radius 1 is 1.09 bits per heavy atom. The van der Waals surface area contributed by atoms with E-state index < -0.39 is 42.0 Å². The molecule has 0 radical (unpaired) electrons. The van der Waals surface area contributed by atoms with Crippen LogP contribution >= 0.6 is 0 Å². The molecule has 7 nitrogen and oxygen atoms in total. The van der Waals surface area contributed by atoms with E-state index in [0.29, 0.717) is 12.8 Å². The number of hydrogen-bond acceptors (Lipinski definition) is 5. The fourth-order valence-corrected chi connectivity index (χ4v) is 2.09. The second-order valence-electron chi connectivity index (χ2n) is 5.76. The summed E-state index contributed by atoms with van der Waals surface area (Å²) in [5.41, 5.74) is -0.758. The monoisotopic (exact) mass is 318 g/mol. The molecule has 0 saturated carbocycles. The van der Waals surface area contributed by atoms with E-state index in [9.17, 15) is 19.5 Å². The lowest BCUT2D eigenvalue weighted by Crippen LogP contribution is -2.43. The Bertz CT molecular complexity index is 389. The van der Waals surface area contributed by atoms with Crippen molar-refractivity contribution in [3.8, 4) is 0 Å². The van der Waals surface area contributed by atoms with Gasteiger partial charge in [-0.25, -0.2) is 4.79 Å². The van der Waals surface area contributed by atoms with E-state index in [0.717, 1.165) is 6.42 Å². The average molecular weight is 318 g/mol. The van der Waals surface area contributed by atoms with Crippen molar-refractivity contribution in [3.63, 3.8) is 0 Å². The normalized spacial score (nSPS) is 14.2. The molecular formula is C15H26O7. The van der Waals surface area contributed by atoms with Crippen molar-refractivity contribution in [1.29, 1.82) is 0 Å². The number of carbonyl (C=O) groups is 3. The van der Waals surface area contributed by atoms with Crippen LogP contribution in [0.1, 0.15) is 53.4 Å². The SMILES string of the molecule is CCCOC(C(=O)OC(C)(C)CCC)C(CC(=O)O)C(=O)O. The van der Waals surface area contributed by atoms with E-state index in [1.54, 1.807) is 20.8 Å². The Labute approximate surface area is 130 Å². The van der Waals surface area contributed by atoms with Crippen LogP contribution in [0, 0.1) is 5.92 Å². The topological polar surface area (TPSA) is 110 Å². The zero-order chi connectivity index (χ0) is 17.3. The van der Waals surface area contributed by atoms with Crippen LogP contribution < -0.4 is 0 Å². The fourth-order valence-electron chi connectivity index (χ4n) is 2.09. The summed E-state index contributed by atoms with van der Waals surface area (Å²) in [7, 11) is 0. The third kappa shape index (κ3) is 7.40. The summed E-state index contributed by atoms with van der Waals surface area (Å²) >= 11 is 0. The third-order valence-corrected chi connectivity index (χ3v) is 3.04. The van der Waals surface area contributed by atoms with Gasteiger partial charge in [-0.1, -0.05) is 20.3 Å². The van der Waals surface area contributed by atoms with Crippen LogP contribution in [-0.4, -0.2) is 46.4 Å². The maximum absolute atomic E-state index is 12.3. The minimum absolute atomic E-state index is 0.150. The van der Waals surface area contributed by atoms with Crippen LogP contribution in [0.4, 0.5) is 0 Å². The number of aliphatic carboxylic acids is 2. The Hall–Kier alpha value is -1.63. The molecule has 0 fully saturated rings. The van der Waals surface area contributed by atoms with Crippen molar-refractivity contribution in [2.45, 2.75) is 65.1 Å². The van der Waals surface area contributed by atoms with E-state index in [4.69, 9.17) is 14.6 Å². The van der Waals surface area contributed by atoms with Gasteiger partial charge < -0.3 is 19.7 Å². The molecule has 2 unspecified atom stereocenters. The number of hydrogen-bond donors (Lipinski definition) is 2. The van der Waals surface area contributed by atoms with Crippen LogP contribution in [0.3, 0.4) is 0 Å². The Kier molecular flexibility index (Phi) is 8.70. The molecule has 0 amide bonds. The molecule has 0 rings (SSSR count). The summed E-state index contributed by atoms with van der Waals surface area (Å²) in [4.78, 5) is 34.4. The first kappa shape index (κ1) is 20.4. The van der Waals surface area contributed by atoms with Gasteiger partial charge in [-0.05, 0) is 26.7 Å². The minimum atomic E-state index is -1.48. The predicted molar refractivity (Wildman–Crippen MR) is 78.5 cm³/mol. The summed E-state index contributed by atoms with van der Waals surface area (Å²) in [5.74, 6) is -5.01. The molecule has 0 aromatic rings. The summed E-state index contributed by atoms with van der Waals surface area (Å²) in [6.07, 6.45) is -0.160. The largest absolute Gasteiger partial charge is 0.481 e. The zero-order valence-corrected chi connectivity index (χ0v) is 13.6. The average Bonchev–Trinajstić information content (AvgIpc) is 2.36. The van der Waals surface area contributed by atoms with E-state index in [-0.39, 0.29) is 6.61 Å². The summed E-state index contributed by atoms with van der Waals surface area (Å²) in [5, 5.41) is 18.0. The molecule has 128 valence electrons. The van der Waals surface area contributed by atoms with Crippen molar-refractivity contribution in [2.75, 3.05) is 6.61 Å². The highest BCUT2D eigenvalue weighted by atomic mass is 16.6. The van der Waals surface area contributed by atoms with Gasteiger partial charge in [0.1, 0.15) is 11.5 Å². The van der Waals surface area contributed by atoms with Crippen molar-refractivity contribution in [1.82, 2.24) is 0 Å². The summed E-state index contributed by atoms with van der Waals surface area (Å²) in [6.45, 7) is 7.33. The summed E-state index contributed by atoms with van der Waals surface area (Å²) in [6, 6.07) is 0. The first-order chi connectivity index (χ1) is 10.1. The second kappa shape index (κ2) is 9.40. The highest BCUT2D eigenvalue weighted by Crippen LogP contribution is 2.22. The van der Waals surface area contributed by atoms with Crippen LogP contribution in [0.2, 0.25) is 0 Å². The molecule has 0 aliphatic carbocycles. The molecule has 2 atom stereocenters. The van der Waals surface area contributed by atoms with Gasteiger partial charge in [-0.2, -0.15) is 0 Å². The van der Waals surface area contributed by atoms with Gasteiger partial charge in [0, 0.05) is 6.61 Å². The molecule has 0 bridgehead atoms. The molecule has 0 heterocycles. The number of carboxylic acids is 2. The molecule has 0 aliphatic heterocycles. The van der Waals surface area contributed by atoms with E-state index in [2.05, 4.69) is 0 Å². The molecule has 7 heteroatoms. The van der Waals surface area contributed by atoms with Gasteiger partial charge in [0.15, 0.2) is 6.10 Å². The lowest BCUT2D eigenvalue weighted by molar-refractivity contribution is -0.180. The van der Waals surface area contributed by atoms with Crippen molar-refractivity contribution in [2.24, 2.45) is 5.92 Å². The van der Waals surface area contributed by atoms with Crippen LogP contribution in [0.15, 0.2) is 0 Å². The van der Waals surface area contributed by atoms with Gasteiger partial charge in [0.2, 0.25) is 0 Å². The Balaban J connectivity index is 5.18. The molecule has 0 aromatic carbocycles. The maximum Gasteiger partial charge on any atom is 0.336 e. The molecule has 0 aromatic heterocycles. The third-order valence-electron chi connectivity index (χ3n) is 3.04. The van der Waals surface area contributed by atoms with Gasteiger partial charge >= 0.3 is 17.9 Å². The first-order valence-corrected chi connectivity index (χ1v) is 7.43. The van der Waals surface area contributed by atoms with E-state index in [1.807, 2.05) is 6.92 Å². The minimum Gasteiger partial charge on any atom is -0.481 e. The van der Waals surface area contributed by atoms with Crippen LogP contribution in [0.5, 0.6) is 0 Å². The predicted octanol–water partition coefficient (Wildman–Crippen LogP) is 2.08. The Morgan fingerprint density at radius 2 is 1.68 bits per heavy atom. The lowest BCUT2D eigenvalue weighted by Gasteiger charge is -2.29. The quantitative estimate of drug-likeness (QED) is 0.561. The van der Waals surface area contributed by atoms with Gasteiger partial charge in [0.25, 0.3) is 0 Å². The van der Waals surface area contributed by atoms with Crippen molar-refractivity contribution in [3.05, 3.63) is 0 Å².